The maximum atomic E-state index is 12.8. The van der Waals surface area contributed by atoms with E-state index in [4.69, 9.17) is 4.74 Å². The highest BCUT2D eigenvalue weighted by Gasteiger charge is 2.24. The smallest absolute Gasteiger partial charge is 0.255 e. The highest BCUT2D eigenvalue weighted by molar-refractivity contribution is 5.99. The second kappa shape index (κ2) is 6.91. The number of aryl methyl sites for hydroxylation is 1. The number of aromatic nitrogens is 1. The number of nitrogens with one attached hydrogen (secondary N) is 1. The first-order chi connectivity index (χ1) is 11.6. The van der Waals surface area contributed by atoms with Crippen LogP contribution in [-0.2, 0) is 6.42 Å². The zero-order chi connectivity index (χ0) is 17.1. The lowest BCUT2D eigenvalue weighted by molar-refractivity contribution is 0.0933. The van der Waals surface area contributed by atoms with Crippen molar-refractivity contribution in [1.29, 1.82) is 0 Å². The first kappa shape index (κ1) is 16.3. The Morgan fingerprint density at radius 1 is 1.33 bits per heavy atom. The van der Waals surface area contributed by atoms with Gasteiger partial charge in [-0.3, -0.25) is 4.79 Å². The fourth-order valence-corrected chi connectivity index (χ4v) is 3.23. The number of fused-ring (bicyclic) bond motifs is 1. The van der Waals surface area contributed by atoms with Crippen molar-refractivity contribution >= 4 is 11.7 Å². The van der Waals surface area contributed by atoms with Gasteiger partial charge in [-0.1, -0.05) is 6.07 Å². The van der Waals surface area contributed by atoms with E-state index < -0.39 is 0 Å². The normalized spacial score (nSPS) is 16.2. The Kier molecular flexibility index (Phi) is 4.69. The molecule has 5 nitrogen and oxygen atoms in total. The van der Waals surface area contributed by atoms with Crippen LogP contribution in [0, 0.1) is 0 Å². The molecule has 1 N–H and O–H groups in total. The number of ether oxygens (including phenoxy) is 1. The summed E-state index contributed by atoms with van der Waals surface area (Å²) in [6.45, 7) is 0. The summed E-state index contributed by atoms with van der Waals surface area (Å²) in [5.74, 6) is 1.46. The van der Waals surface area contributed by atoms with E-state index in [2.05, 4.69) is 22.4 Å². The van der Waals surface area contributed by atoms with Crippen molar-refractivity contribution in [1.82, 2.24) is 10.3 Å². The molecule has 1 aromatic carbocycles. The first-order valence-corrected chi connectivity index (χ1v) is 8.20. The van der Waals surface area contributed by atoms with E-state index >= 15 is 0 Å². The molecule has 0 spiro atoms. The largest absolute Gasteiger partial charge is 0.497 e. The summed E-state index contributed by atoms with van der Waals surface area (Å²) in [6, 6.07) is 9.73. The molecule has 1 heterocycles. The molecule has 1 unspecified atom stereocenters. The van der Waals surface area contributed by atoms with Crippen LogP contribution in [0.1, 0.15) is 40.4 Å². The van der Waals surface area contributed by atoms with E-state index in [0.29, 0.717) is 11.4 Å². The average molecular weight is 325 g/mol. The molecular weight excluding hydrogens is 302 g/mol. The SMILES string of the molecule is COc1ccc2c(c1)CCCC2NC(=O)c1cccnc1N(C)C. The highest BCUT2D eigenvalue weighted by atomic mass is 16.5. The molecule has 1 aromatic heterocycles. The van der Waals surface area contributed by atoms with E-state index in [1.807, 2.05) is 31.1 Å². The second-order valence-corrected chi connectivity index (χ2v) is 6.25. The first-order valence-electron chi connectivity index (χ1n) is 8.20. The molecule has 1 amide bonds. The van der Waals surface area contributed by atoms with Crippen LogP contribution in [0.15, 0.2) is 36.5 Å². The zero-order valence-corrected chi connectivity index (χ0v) is 14.4. The van der Waals surface area contributed by atoms with Crippen molar-refractivity contribution in [2.75, 3.05) is 26.1 Å². The molecule has 2 aromatic rings. The minimum absolute atomic E-state index is 0.0300. The van der Waals surface area contributed by atoms with Gasteiger partial charge in [0.1, 0.15) is 11.6 Å². The van der Waals surface area contributed by atoms with Crippen LogP contribution in [0.25, 0.3) is 0 Å². The molecular formula is C19H23N3O2. The summed E-state index contributed by atoms with van der Waals surface area (Å²) < 4.78 is 5.31. The number of amides is 1. The number of carbonyl (C=O) groups is 1. The van der Waals surface area contributed by atoms with Gasteiger partial charge in [-0.05, 0) is 54.7 Å². The van der Waals surface area contributed by atoms with E-state index in [-0.39, 0.29) is 11.9 Å². The minimum atomic E-state index is -0.0829. The number of carbonyl (C=O) groups excluding carboxylic acids is 1. The monoisotopic (exact) mass is 325 g/mol. The molecule has 0 saturated heterocycles. The number of nitrogens with zero attached hydrogens (tertiary/aromatic N) is 2. The molecule has 1 aliphatic carbocycles. The van der Waals surface area contributed by atoms with Crippen LogP contribution < -0.4 is 15.0 Å². The van der Waals surface area contributed by atoms with Crippen molar-refractivity contribution in [2.45, 2.75) is 25.3 Å². The quantitative estimate of drug-likeness (QED) is 0.939. The molecule has 3 rings (SSSR count). The third kappa shape index (κ3) is 3.20. The van der Waals surface area contributed by atoms with Gasteiger partial charge in [0, 0.05) is 20.3 Å². The number of pyridine rings is 1. The third-order valence-corrected chi connectivity index (χ3v) is 4.42. The molecule has 126 valence electrons. The molecule has 1 atom stereocenters. The van der Waals surface area contributed by atoms with Gasteiger partial charge in [0.15, 0.2) is 0 Å². The lowest BCUT2D eigenvalue weighted by Crippen LogP contribution is -2.32. The maximum Gasteiger partial charge on any atom is 0.255 e. The fourth-order valence-electron chi connectivity index (χ4n) is 3.23. The van der Waals surface area contributed by atoms with E-state index in [1.54, 1.807) is 19.4 Å². The van der Waals surface area contributed by atoms with E-state index in [9.17, 15) is 4.79 Å². The van der Waals surface area contributed by atoms with Gasteiger partial charge in [-0.2, -0.15) is 0 Å². The molecule has 0 saturated carbocycles. The van der Waals surface area contributed by atoms with Gasteiger partial charge in [0.05, 0.1) is 18.7 Å². The third-order valence-electron chi connectivity index (χ3n) is 4.42. The predicted molar refractivity (Wildman–Crippen MR) is 94.7 cm³/mol. The number of anilines is 1. The highest BCUT2D eigenvalue weighted by Crippen LogP contribution is 2.32. The van der Waals surface area contributed by atoms with Crippen LogP contribution in [0.4, 0.5) is 5.82 Å². The lowest BCUT2D eigenvalue weighted by Gasteiger charge is -2.27. The Bertz CT molecular complexity index is 743. The molecule has 0 fully saturated rings. The van der Waals surface area contributed by atoms with Crippen LogP contribution in [0.2, 0.25) is 0 Å². The molecule has 0 bridgehead atoms. The fraction of sp³-hybridized carbons (Fsp3) is 0.368. The Labute approximate surface area is 142 Å². The van der Waals surface area contributed by atoms with Crippen molar-refractivity contribution in [2.24, 2.45) is 0 Å². The topological polar surface area (TPSA) is 54.5 Å². The van der Waals surface area contributed by atoms with E-state index in [0.717, 1.165) is 25.0 Å². The van der Waals surface area contributed by atoms with Crippen LogP contribution in [0.5, 0.6) is 5.75 Å². The number of hydrogen-bond acceptors (Lipinski definition) is 4. The Hall–Kier alpha value is -2.56. The predicted octanol–water partition coefficient (Wildman–Crippen LogP) is 2.96. The van der Waals surface area contributed by atoms with Crippen LogP contribution in [0.3, 0.4) is 0 Å². The van der Waals surface area contributed by atoms with Crippen molar-refractivity contribution in [3.63, 3.8) is 0 Å². The number of benzene rings is 1. The number of hydrogen-bond donors (Lipinski definition) is 1. The summed E-state index contributed by atoms with van der Waals surface area (Å²) in [5, 5.41) is 3.18. The summed E-state index contributed by atoms with van der Waals surface area (Å²) in [5.41, 5.74) is 3.04. The van der Waals surface area contributed by atoms with Gasteiger partial charge >= 0.3 is 0 Å². The van der Waals surface area contributed by atoms with Gasteiger partial charge in [0.2, 0.25) is 0 Å². The van der Waals surface area contributed by atoms with Gasteiger partial charge in [0.25, 0.3) is 5.91 Å². The summed E-state index contributed by atoms with van der Waals surface area (Å²) in [7, 11) is 5.46. The number of rotatable bonds is 4. The minimum Gasteiger partial charge on any atom is -0.497 e. The molecule has 0 radical (unpaired) electrons. The summed E-state index contributed by atoms with van der Waals surface area (Å²) in [6.07, 6.45) is 4.73. The van der Waals surface area contributed by atoms with Crippen molar-refractivity contribution < 1.29 is 9.53 Å². The standard InChI is InChI=1S/C19H23N3O2/c1-22(2)18-16(7-5-11-20-18)19(23)21-17-8-4-6-13-12-14(24-3)9-10-15(13)17/h5,7,9-12,17H,4,6,8H2,1-3H3,(H,21,23). The maximum absolute atomic E-state index is 12.8. The molecule has 1 aliphatic rings. The molecule has 0 aliphatic heterocycles. The Morgan fingerprint density at radius 2 is 2.17 bits per heavy atom. The summed E-state index contributed by atoms with van der Waals surface area (Å²) >= 11 is 0. The lowest BCUT2D eigenvalue weighted by atomic mass is 9.87. The van der Waals surface area contributed by atoms with Gasteiger partial charge in [-0.25, -0.2) is 4.98 Å². The van der Waals surface area contributed by atoms with E-state index in [1.165, 1.54) is 11.1 Å². The zero-order valence-electron chi connectivity index (χ0n) is 14.4. The van der Waals surface area contributed by atoms with Crippen LogP contribution in [-0.4, -0.2) is 32.1 Å². The molecule has 24 heavy (non-hydrogen) atoms. The average Bonchev–Trinajstić information content (AvgIpc) is 2.61. The van der Waals surface area contributed by atoms with Gasteiger partial charge < -0.3 is 15.0 Å². The Morgan fingerprint density at radius 3 is 2.92 bits per heavy atom. The van der Waals surface area contributed by atoms with Crippen molar-refractivity contribution in [3.05, 3.63) is 53.2 Å². The van der Waals surface area contributed by atoms with Gasteiger partial charge in [-0.15, -0.1) is 0 Å². The summed E-state index contributed by atoms with van der Waals surface area (Å²) in [4.78, 5) is 18.9. The molecule has 5 heteroatoms. The van der Waals surface area contributed by atoms with Crippen LogP contribution >= 0.6 is 0 Å². The second-order valence-electron chi connectivity index (χ2n) is 6.25. The Balaban J connectivity index is 1.84. The van der Waals surface area contributed by atoms with Crippen molar-refractivity contribution in [3.8, 4) is 5.75 Å². The number of methoxy groups -OCH3 is 1.